The lowest BCUT2D eigenvalue weighted by Crippen LogP contribution is -2.05. The number of nitro benzene ring substituents is 1. The van der Waals surface area contributed by atoms with Crippen LogP contribution in [0.4, 0.5) is 5.69 Å². The maximum atomic E-state index is 12.4. The quantitative estimate of drug-likeness (QED) is 0.638. The number of hydrogen-bond acceptors (Lipinski definition) is 4. The average molecular weight is 277 g/mol. The highest BCUT2D eigenvalue weighted by molar-refractivity contribution is 7.91. The van der Waals surface area contributed by atoms with E-state index in [2.05, 4.69) is 0 Å². The third-order valence-electron chi connectivity index (χ3n) is 2.65. The summed E-state index contributed by atoms with van der Waals surface area (Å²) >= 11 is 0. The van der Waals surface area contributed by atoms with E-state index >= 15 is 0 Å². The molecule has 0 aliphatic rings. The first kappa shape index (κ1) is 13.2. The number of nitro groups is 1. The molecule has 0 saturated carbocycles. The van der Waals surface area contributed by atoms with Gasteiger partial charge < -0.3 is 0 Å². The van der Waals surface area contributed by atoms with Crippen LogP contribution in [0.25, 0.3) is 0 Å². The van der Waals surface area contributed by atoms with Crippen LogP contribution >= 0.6 is 0 Å². The zero-order valence-electron chi connectivity index (χ0n) is 10.1. The molecular formula is C13H11NO4S. The van der Waals surface area contributed by atoms with Gasteiger partial charge in [0.2, 0.25) is 9.84 Å². The molecule has 0 unspecified atom stereocenters. The first-order valence-corrected chi connectivity index (χ1v) is 6.96. The second-order valence-corrected chi connectivity index (χ2v) is 5.96. The first-order valence-electron chi connectivity index (χ1n) is 5.48. The minimum atomic E-state index is -3.88. The second-order valence-electron chi connectivity index (χ2n) is 4.04. The number of sulfone groups is 1. The number of nitrogens with zero attached hydrogens (tertiary/aromatic N) is 1. The molecule has 6 heteroatoms. The normalized spacial score (nSPS) is 11.2. The summed E-state index contributed by atoms with van der Waals surface area (Å²) < 4.78 is 24.8. The third-order valence-corrected chi connectivity index (χ3v) is 4.45. The van der Waals surface area contributed by atoms with Gasteiger partial charge in [-0.2, -0.15) is 0 Å². The van der Waals surface area contributed by atoms with Gasteiger partial charge in [0.25, 0.3) is 5.69 Å². The molecule has 0 fully saturated rings. The molecule has 98 valence electrons. The van der Waals surface area contributed by atoms with E-state index in [4.69, 9.17) is 0 Å². The zero-order valence-corrected chi connectivity index (χ0v) is 10.9. The van der Waals surface area contributed by atoms with Gasteiger partial charge in [-0.05, 0) is 30.7 Å². The maximum Gasteiger partial charge on any atom is 0.288 e. The molecule has 0 radical (unpaired) electrons. The molecule has 2 aromatic carbocycles. The zero-order chi connectivity index (χ0) is 14.0. The summed E-state index contributed by atoms with van der Waals surface area (Å²) in [5.74, 6) is 0. The smallest absolute Gasteiger partial charge is 0.258 e. The molecule has 5 nitrogen and oxygen atoms in total. The molecule has 19 heavy (non-hydrogen) atoms. The summed E-state index contributed by atoms with van der Waals surface area (Å²) in [6, 6.07) is 11.6. The largest absolute Gasteiger partial charge is 0.288 e. The highest BCUT2D eigenvalue weighted by Crippen LogP contribution is 2.29. The van der Waals surface area contributed by atoms with E-state index in [1.54, 1.807) is 19.1 Å². The predicted molar refractivity (Wildman–Crippen MR) is 69.7 cm³/mol. The summed E-state index contributed by atoms with van der Waals surface area (Å²) in [5, 5.41) is 10.9. The Balaban J connectivity index is 2.67. The van der Waals surface area contributed by atoms with Gasteiger partial charge in [0.1, 0.15) is 4.90 Å². The molecule has 2 aromatic rings. The van der Waals surface area contributed by atoms with Crippen LogP contribution in [0.3, 0.4) is 0 Å². The summed E-state index contributed by atoms with van der Waals surface area (Å²) in [6.45, 7) is 1.76. The van der Waals surface area contributed by atoms with E-state index in [9.17, 15) is 18.5 Å². The van der Waals surface area contributed by atoms with Crippen molar-refractivity contribution in [1.82, 2.24) is 0 Å². The monoisotopic (exact) mass is 277 g/mol. The van der Waals surface area contributed by atoms with E-state index in [0.29, 0.717) is 0 Å². The third kappa shape index (κ3) is 2.48. The van der Waals surface area contributed by atoms with E-state index in [-0.39, 0.29) is 9.79 Å². The Hall–Kier alpha value is -2.21. The van der Waals surface area contributed by atoms with Crippen LogP contribution in [0, 0.1) is 17.0 Å². The van der Waals surface area contributed by atoms with Crippen molar-refractivity contribution >= 4 is 15.5 Å². The number of benzene rings is 2. The molecule has 0 heterocycles. The first-order chi connectivity index (χ1) is 8.93. The van der Waals surface area contributed by atoms with Crippen LogP contribution in [0.5, 0.6) is 0 Å². The van der Waals surface area contributed by atoms with Gasteiger partial charge in [0.15, 0.2) is 0 Å². The van der Waals surface area contributed by atoms with Gasteiger partial charge in [-0.3, -0.25) is 10.1 Å². The lowest BCUT2D eigenvalue weighted by molar-refractivity contribution is -0.387. The van der Waals surface area contributed by atoms with Gasteiger partial charge in [0, 0.05) is 6.07 Å². The average Bonchev–Trinajstić information content (AvgIpc) is 2.38. The van der Waals surface area contributed by atoms with Gasteiger partial charge in [-0.15, -0.1) is 0 Å². The molecule has 0 aliphatic heterocycles. The van der Waals surface area contributed by atoms with Gasteiger partial charge >= 0.3 is 0 Å². The van der Waals surface area contributed by atoms with Crippen LogP contribution in [-0.2, 0) is 9.84 Å². The minimum Gasteiger partial charge on any atom is -0.258 e. The topological polar surface area (TPSA) is 77.3 Å². The van der Waals surface area contributed by atoms with Crippen molar-refractivity contribution in [3.63, 3.8) is 0 Å². The van der Waals surface area contributed by atoms with Crippen molar-refractivity contribution < 1.29 is 13.3 Å². The molecule has 0 N–H and O–H groups in total. The molecule has 0 spiro atoms. The molecule has 0 saturated heterocycles. The standard InChI is InChI=1S/C13H11NO4S/c1-10-5-4-6-11(9-10)19(17,18)13-8-3-2-7-12(13)14(15)16/h2-9H,1H3. The van der Waals surface area contributed by atoms with Crippen molar-refractivity contribution in [3.05, 3.63) is 64.2 Å². The van der Waals surface area contributed by atoms with Crippen molar-refractivity contribution in [2.75, 3.05) is 0 Å². The van der Waals surface area contributed by atoms with Crippen LogP contribution in [-0.4, -0.2) is 13.3 Å². The van der Waals surface area contributed by atoms with E-state index < -0.39 is 20.4 Å². The number of rotatable bonds is 3. The Labute approximate surface area is 110 Å². The molecular weight excluding hydrogens is 266 g/mol. The Bertz CT molecular complexity index is 738. The fourth-order valence-electron chi connectivity index (χ4n) is 1.74. The lowest BCUT2D eigenvalue weighted by Gasteiger charge is -2.05. The van der Waals surface area contributed by atoms with Crippen LogP contribution < -0.4 is 0 Å². The van der Waals surface area contributed by atoms with Crippen molar-refractivity contribution in [2.24, 2.45) is 0 Å². The highest BCUT2D eigenvalue weighted by atomic mass is 32.2. The van der Waals surface area contributed by atoms with Crippen LogP contribution in [0.15, 0.2) is 58.3 Å². The molecule has 0 bridgehead atoms. The molecule has 0 aromatic heterocycles. The molecule has 0 amide bonds. The molecule has 0 aliphatic carbocycles. The SMILES string of the molecule is Cc1cccc(S(=O)(=O)c2ccccc2[N+](=O)[O-])c1. The van der Waals surface area contributed by atoms with E-state index in [0.717, 1.165) is 5.56 Å². The van der Waals surface area contributed by atoms with Gasteiger partial charge in [-0.25, -0.2) is 8.42 Å². The number of aryl methyl sites for hydroxylation is 1. The highest BCUT2D eigenvalue weighted by Gasteiger charge is 2.26. The summed E-state index contributed by atoms with van der Waals surface area (Å²) in [5.41, 5.74) is 0.365. The Kier molecular flexibility index (Phi) is 3.35. The van der Waals surface area contributed by atoms with Crippen molar-refractivity contribution in [1.29, 1.82) is 0 Å². The number of hydrogen-bond donors (Lipinski definition) is 0. The Morgan fingerprint density at radius 2 is 1.74 bits per heavy atom. The van der Waals surface area contributed by atoms with Gasteiger partial charge in [-0.1, -0.05) is 24.3 Å². The molecule has 2 rings (SSSR count). The van der Waals surface area contributed by atoms with Gasteiger partial charge in [0.05, 0.1) is 9.82 Å². The molecule has 0 atom stereocenters. The second kappa shape index (κ2) is 4.81. The van der Waals surface area contributed by atoms with Crippen molar-refractivity contribution in [3.8, 4) is 0 Å². The fraction of sp³-hybridized carbons (Fsp3) is 0.0769. The summed E-state index contributed by atoms with van der Waals surface area (Å²) in [4.78, 5) is 9.99. The van der Waals surface area contributed by atoms with Crippen LogP contribution in [0.1, 0.15) is 5.56 Å². The predicted octanol–water partition coefficient (Wildman–Crippen LogP) is 2.74. The summed E-state index contributed by atoms with van der Waals surface area (Å²) in [7, 11) is -3.88. The van der Waals surface area contributed by atoms with Crippen molar-refractivity contribution in [2.45, 2.75) is 16.7 Å². The maximum absolute atomic E-state index is 12.4. The number of para-hydroxylation sites is 1. The van der Waals surface area contributed by atoms with E-state index in [1.165, 1.54) is 36.4 Å². The summed E-state index contributed by atoms with van der Waals surface area (Å²) in [6.07, 6.45) is 0. The Morgan fingerprint density at radius 1 is 1.05 bits per heavy atom. The van der Waals surface area contributed by atoms with Crippen LogP contribution in [0.2, 0.25) is 0 Å². The van der Waals surface area contributed by atoms with E-state index in [1.807, 2.05) is 0 Å². The fourth-order valence-corrected chi connectivity index (χ4v) is 3.27. The minimum absolute atomic E-state index is 0.0572. The lowest BCUT2D eigenvalue weighted by atomic mass is 10.2. The Morgan fingerprint density at radius 3 is 2.37 bits per heavy atom.